The third-order valence-electron chi connectivity index (χ3n) is 3.16. The van der Waals surface area contributed by atoms with Gasteiger partial charge in [0.1, 0.15) is 5.82 Å². The van der Waals surface area contributed by atoms with Crippen molar-refractivity contribution in [2.24, 2.45) is 0 Å². The van der Waals surface area contributed by atoms with Crippen LogP contribution in [-0.4, -0.2) is 16.6 Å². The predicted octanol–water partition coefficient (Wildman–Crippen LogP) is 3.17. The van der Waals surface area contributed by atoms with E-state index in [1.807, 2.05) is 38.5 Å². The van der Waals surface area contributed by atoms with Crippen LogP contribution in [0.4, 0.5) is 0 Å². The van der Waals surface area contributed by atoms with Crippen LogP contribution in [0.25, 0.3) is 0 Å². The van der Waals surface area contributed by atoms with Crippen LogP contribution >= 0.6 is 11.6 Å². The number of nitrogens with one attached hydrogen (secondary N) is 1. The van der Waals surface area contributed by atoms with Crippen molar-refractivity contribution in [1.82, 2.24) is 14.9 Å². The minimum atomic E-state index is 0.0676. The van der Waals surface area contributed by atoms with Gasteiger partial charge in [-0.15, -0.1) is 0 Å². The highest BCUT2D eigenvalue weighted by molar-refractivity contribution is 6.31. The normalized spacial score (nSPS) is 12.7. The Balaban J connectivity index is 2.42. The molecule has 1 aromatic carbocycles. The summed E-state index contributed by atoms with van der Waals surface area (Å²) in [7, 11) is 1.94. The van der Waals surface area contributed by atoms with E-state index in [4.69, 9.17) is 11.6 Å². The van der Waals surface area contributed by atoms with Crippen molar-refractivity contribution in [3.8, 4) is 0 Å². The van der Waals surface area contributed by atoms with Gasteiger partial charge in [-0.05, 0) is 38.1 Å². The van der Waals surface area contributed by atoms with Gasteiger partial charge in [-0.25, -0.2) is 4.98 Å². The van der Waals surface area contributed by atoms with Crippen LogP contribution in [0.2, 0.25) is 5.02 Å². The Bertz CT molecular complexity index is 534. The summed E-state index contributed by atoms with van der Waals surface area (Å²) in [6, 6.07) is 6.21. The molecule has 2 aromatic rings. The van der Waals surface area contributed by atoms with Crippen LogP contribution in [0, 0.1) is 6.92 Å². The molecule has 0 aliphatic rings. The number of aryl methyl sites for hydroxylation is 2. The van der Waals surface area contributed by atoms with Crippen LogP contribution < -0.4 is 5.32 Å². The molecule has 0 amide bonds. The van der Waals surface area contributed by atoms with Crippen LogP contribution in [0.5, 0.6) is 0 Å². The van der Waals surface area contributed by atoms with E-state index in [2.05, 4.69) is 27.9 Å². The zero-order valence-electron chi connectivity index (χ0n) is 10.9. The zero-order valence-corrected chi connectivity index (χ0v) is 11.7. The lowest BCUT2D eigenvalue weighted by Crippen LogP contribution is -2.21. The average molecular weight is 264 g/mol. The minimum Gasteiger partial charge on any atom is -0.334 e. The van der Waals surface area contributed by atoms with E-state index in [0.717, 1.165) is 28.5 Å². The molecule has 2 rings (SSSR count). The molecule has 18 heavy (non-hydrogen) atoms. The molecule has 1 heterocycles. The predicted molar refractivity (Wildman–Crippen MR) is 75.0 cm³/mol. The number of hydrogen-bond donors (Lipinski definition) is 1. The van der Waals surface area contributed by atoms with Crippen LogP contribution in [-0.2, 0) is 6.54 Å². The number of rotatable bonds is 4. The van der Waals surface area contributed by atoms with E-state index >= 15 is 0 Å². The molecule has 4 heteroatoms. The molecule has 1 atom stereocenters. The number of hydrogen-bond acceptors (Lipinski definition) is 2. The van der Waals surface area contributed by atoms with Gasteiger partial charge in [0.15, 0.2) is 0 Å². The maximum absolute atomic E-state index is 6.19. The third kappa shape index (κ3) is 2.42. The molecule has 0 saturated carbocycles. The molecule has 0 saturated heterocycles. The van der Waals surface area contributed by atoms with E-state index in [-0.39, 0.29) is 6.04 Å². The highest BCUT2D eigenvalue weighted by atomic mass is 35.5. The second kappa shape index (κ2) is 5.55. The van der Waals surface area contributed by atoms with Crippen LogP contribution in [0.15, 0.2) is 30.6 Å². The molecule has 1 aromatic heterocycles. The molecular formula is C14H18ClN3. The maximum atomic E-state index is 6.19. The Hall–Kier alpha value is -1.32. The summed E-state index contributed by atoms with van der Waals surface area (Å²) in [5.74, 6) is 1.01. The minimum absolute atomic E-state index is 0.0676. The first-order valence-corrected chi connectivity index (χ1v) is 6.49. The zero-order chi connectivity index (χ0) is 13.1. The van der Waals surface area contributed by atoms with Crippen molar-refractivity contribution in [3.05, 3.63) is 52.6 Å². The fourth-order valence-electron chi connectivity index (χ4n) is 2.08. The molecule has 0 aliphatic carbocycles. The second-order valence-electron chi connectivity index (χ2n) is 4.30. The number of imidazole rings is 1. The van der Waals surface area contributed by atoms with Crippen molar-refractivity contribution < 1.29 is 0 Å². The van der Waals surface area contributed by atoms with Gasteiger partial charge in [0.05, 0.1) is 6.04 Å². The van der Waals surface area contributed by atoms with Crippen molar-refractivity contribution in [2.75, 3.05) is 7.05 Å². The number of aromatic nitrogens is 2. The van der Waals surface area contributed by atoms with Gasteiger partial charge in [0.2, 0.25) is 0 Å². The van der Waals surface area contributed by atoms with Gasteiger partial charge in [-0.3, -0.25) is 0 Å². The summed E-state index contributed by atoms with van der Waals surface area (Å²) in [5.41, 5.74) is 2.23. The summed E-state index contributed by atoms with van der Waals surface area (Å²) < 4.78 is 2.13. The summed E-state index contributed by atoms with van der Waals surface area (Å²) in [5, 5.41) is 4.09. The van der Waals surface area contributed by atoms with Crippen LogP contribution in [0.1, 0.15) is 29.9 Å². The topological polar surface area (TPSA) is 29.9 Å². The smallest absolute Gasteiger partial charge is 0.130 e. The Morgan fingerprint density at radius 1 is 1.44 bits per heavy atom. The summed E-state index contributed by atoms with van der Waals surface area (Å²) >= 11 is 6.19. The number of halogens is 1. The van der Waals surface area contributed by atoms with Crippen molar-refractivity contribution >= 4 is 11.6 Å². The largest absolute Gasteiger partial charge is 0.334 e. The Morgan fingerprint density at radius 3 is 2.83 bits per heavy atom. The summed E-state index contributed by atoms with van der Waals surface area (Å²) in [6.45, 7) is 5.03. The van der Waals surface area contributed by atoms with E-state index < -0.39 is 0 Å². The molecule has 0 spiro atoms. The maximum Gasteiger partial charge on any atom is 0.130 e. The Kier molecular flexibility index (Phi) is 4.04. The van der Waals surface area contributed by atoms with Gasteiger partial charge in [0.25, 0.3) is 0 Å². The SMILES string of the molecule is CCn1ccnc1C(NC)c1ccc(C)c(Cl)c1. The van der Waals surface area contributed by atoms with E-state index in [0.29, 0.717) is 0 Å². The van der Waals surface area contributed by atoms with E-state index in [1.54, 1.807) is 0 Å². The van der Waals surface area contributed by atoms with Crippen molar-refractivity contribution in [3.63, 3.8) is 0 Å². The molecule has 0 aliphatic heterocycles. The highest BCUT2D eigenvalue weighted by Gasteiger charge is 2.17. The molecule has 96 valence electrons. The van der Waals surface area contributed by atoms with Gasteiger partial charge in [-0.2, -0.15) is 0 Å². The van der Waals surface area contributed by atoms with Crippen molar-refractivity contribution in [1.29, 1.82) is 0 Å². The van der Waals surface area contributed by atoms with Crippen LogP contribution in [0.3, 0.4) is 0 Å². The molecule has 0 bridgehead atoms. The highest BCUT2D eigenvalue weighted by Crippen LogP contribution is 2.25. The fourth-order valence-corrected chi connectivity index (χ4v) is 2.27. The molecule has 0 radical (unpaired) electrons. The van der Waals surface area contributed by atoms with E-state index in [1.165, 1.54) is 0 Å². The van der Waals surface area contributed by atoms with Gasteiger partial charge >= 0.3 is 0 Å². The lowest BCUT2D eigenvalue weighted by Gasteiger charge is -2.18. The quantitative estimate of drug-likeness (QED) is 0.918. The van der Waals surface area contributed by atoms with Gasteiger partial charge in [0, 0.05) is 24.0 Å². The molecule has 3 nitrogen and oxygen atoms in total. The lowest BCUT2D eigenvalue weighted by atomic mass is 10.0. The number of nitrogens with zero attached hydrogens (tertiary/aromatic N) is 2. The molecular weight excluding hydrogens is 246 g/mol. The fraction of sp³-hybridized carbons (Fsp3) is 0.357. The second-order valence-corrected chi connectivity index (χ2v) is 4.71. The van der Waals surface area contributed by atoms with Gasteiger partial charge in [-0.1, -0.05) is 23.7 Å². The Morgan fingerprint density at radius 2 is 2.22 bits per heavy atom. The first-order chi connectivity index (χ1) is 8.67. The first kappa shape index (κ1) is 13.1. The van der Waals surface area contributed by atoms with E-state index in [9.17, 15) is 0 Å². The Labute approximate surface area is 113 Å². The number of benzene rings is 1. The summed E-state index contributed by atoms with van der Waals surface area (Å²) in [4.78, 5) is 4.44. The standard InChI is InChI=1S/C14H18ClN3/c1-4-18-8-7-17-14(18)13(16-3)11-6-5-10(2)12(15)9-11/h5-9,13,16H,4H2,1-3H3. The molecule has 1 N–H and O–H groups in total. The monoisotopic (exact) mass is 263 g/mol. The lowest BCUT2D eigenvalue weighted by molar-refractivity contribution is 0.590. The summed E-state index contributed by atoms with van der Waals surface area (Å²) in [6.07, 6.45) is 3.83. The molecule has 0 fully saturated rings. The molecule has 1 unspecified atom stereocenters. The van der Waals surface area contributed by atoms with Gasteiger partial charge < -0.3 is 9.88 Å². The third-order valence-corrected chi connectivity index (χ3v) is 3.57. The first-order valence-electron chi connectivity index (χ1n) is 6.11. The average Bonchev–Trinajstić information content (AvgIpc) is 2.83. The van der Waals surface area contributed by atoms with Crippen molar-refractivity contribution in [2.45, 2.75) is 26.4 Å².